The highest BCUT2D eigenvalue weighted by Gasteiger charge is 2.52. The third-order valence-corrected chi connectivity index (χ3v) is 45.7. The van der Waals surface area contributed by atoms with E-state index in [1.54, 1.807) is 0 Å². The van der Waals surface area contributed by atoms with Crippen molar-refractivity contribution in [2.75, 3.05) is 14.7 Å². The van der Waals surface area contributed by atoms with Gasteiger partial charge in [0.2, 0.25) is 0 Å². The maximum absolute atomic E-state index is 6.80. The Hall–Kier alpha value is -15.2. The maximum atomic E-state index is 6.80. The maximum Gasteiger partial charge on any atom is 0.180 e. The first-order valence-corrected chi connectivity index (χ1v) is 55.4. The lowest BCUT2D eigenvalue weighted by atomic mass is 10.0. The van der Waals surface area contributed by atoms with Crippen LogP contribution < -0.4 is 76.9 Å². The van der Waals surface area contributed by atoms with Gasteiger partial charge in [0.1, 0.15) is 11.2 Å². The van der Waals surface area contributed by atoms with Crippen LogP contribution in [0.5, 0.6) is 0 Å². The summed E-state index contributed by atoms with van der Waals surface area (Å²) in [5.41, 5.74) is 19.5. The smallest absolute Gasteiger partial charge is 0.180 e. The number of thiophene rings is 2. The molecule has 21 aromatic carbocycles. The monoisotopic (exact) mass is 1910 g/mol. The second kappa shape index (κ2) is 35.2. The van der Waals surface area contributed by atoms with Crippen molar-refractivity contribution in [1.82, 2.24) is 0 Å². The van der Waals surface area contributed by atoms with Gasteiger partial charge in [0.15, 0.2) is 24.2 Å². The molecule has 654 valence electrons. The van der Waals surface area contributed by atoms with E-state index in [0.717, 1.165) is 88.2 Å². The molecule has 0 bridgehead atoms. The molecule has 24 aromatic rings. The highest BCUT2D eigenvalue weighted by atomic mass is 35.5. The van der Waals surface area contributed by atoms with Gasteiger partial charge in [-0.15, -0.1) is 22.7 Å². The van der Waals surface area contributed by atoms with E-state index in [2.05, 4.69) is 494 Å². The van der Waals surface area contributed by atoms with Crippen molar-refractivity contribution in [1.29, 1.82) is 0 Å². The van der Waals surface area contributed by atoms with E-state index in [1.165, 1.54) is 136 Å². The third-order valence-electron chi connectivity index (χ3n) is 28.2. The minimum Gasteiger partial charge on any atom is -0.456 e. The molecule has 0 spiro atoms. The molecule has 0 N–H and O–H groups in total. The van der Waals surface area contributed by atoms with Crippen molar-refractivity contribution in [3.63, 3.8) is 0 Å². The van der Waals surface area contributed by atoms with E-state index in [9.17, 15) is 0 Å². The normalized spacial score (nSPS) is 13.1. The molecule has 0 radical (unpaired) electrons. The summed E-state index contributed by atoms with van der Waals surface area (Å²) in [7, 11) is -7.91. The molecule has 12 heteroatoms. The van der Waals surface area contributed by atoms with Crippen molar-refractivity contribution < 1.29 is 4.42 Å². The number of nitrogens with zero attached hydrogens (tertiary/aromatic N) is 3. The van der Waals surface area contributed by atoms with Gasteiger partial charge in [0, 0.05) is 117 Å². The van der Waals surface area contributed by atoms with Crippen LogP contribution in [-0.4, -0.2) is 24.2 Å². The lowest BCUT2D eigenvalue weighted by Gasteiger charge is -2.32. The molecule has 6 heterocycles. The Morgan fingerprint density at radius 1 is 0.167 bits per heavy atom. The van der Waals surface area contributed by atoms with Gasteiger partial charge in [-0.1, -0.05) is 368 Å². The van der Waals surface area contributed by atoms with Gasteiger partial charge in [-0.25, -0.2) is 0 Å². The number of anilines is 9. The van der Waals surface area contributed by atoms with Crippen molar-refractivity contribution in [3.05, 3.63) is 525 Å². The van der Waals surface area contributed by atoms with Crippen LogP contribution in [0.4, 0.5) is 51.2 Å². The summed E-state index contributed by atoms with van der Waals surface area (Å²) < 4.78 is 11.4. The van der Waals surface area contributed by atoms with Crippen molar-refractivity contribution in [2.24, 2.45) is 0 Å². The fourth-order valence-electron chi connectivity index (χ4n) is 22.4. The second-order valence-corrected chi connectivity index (χ2v) is 50.2. The van der Waals surface area contributed by atoms with Crippen LogP contribution in [0.3, 0.4) is 0 Å². The largest absolute Gasteiger partial charge is 0.456 e. The average molecular weight is 1910 g/mol. The van der Waals surface area contributed by atoms with E-state index < -0.39 is 24.2 Å². The molecule has 138 heavy (non-hydrogen) atoms. The molecule has 27 rings (SSSR count). The Balaban J connectivity index is 0.000000110. The lowest BCUT2D eigenvalue weighted by molar-refractivity contribution is 0.669. The highest BCUT2D eigenvalue weighted by molar-refractivity contribution is 7.27. The first-order valence-electron chi connectivity index (χ1n) is 46.6. The summed E-state index contributed by atoms with van der Waals surface area (Å²) in [5, 5.41) is 26.2. The minimum absolute atomic E-state index is 0.766. The molecular formula is C126H84Cl3N3OS2Si3. The Kier molecular flexibility index (Phi) is 21.5. The number of para-hydroxylation sites is 4. The van der Waals surface area contributed by atoms with Gasteiger partial charge in [-0.3, -0.25) is 0 Å². The molecule has 0 unspecified atom stereocenters. The van der Waals surface area contributed by atoms with Crippen molar-refractivity contribution in [2.45, 2.75) is 0 Å². The van der Waals surface area contributed by atoms with Crippen LogP contribution in [0.1, 0.15) is 0 Å². The second-order valence-electron chi connectivity index (χ2n) is 35.6. The summed E-state index contributed by atoms with van der Waals surface area (Å²) in [4.78, 5) is 7.14. The zero-order chi connectivity index (χ0) is 92.0. The Bertz CT molecular complexity index is 8310. The van der Waals surface area contributed by atoms with Crippen LogP contribution in [0.2, 0.25) is 15.1 Å². The Morgan fingerprint density at radius 3 is 0.819 bits per heavy atom. The first-order chi connectivity index (χ1) is 68.1. The lowest BCUT2D eigenvalue weighted by Crippen LogP contribution is -2.72. The zero-order valence-electron chi connectivity index (χ0n) is 74.7. The predicted molar refractivity (Wildman–Crippen MR) is 599 cm³/mol. The number of rotatable bonds is 15. The van der Waals surface area contributed by atoms with E-state index in [-0.39, 0.29) is 0 Å². The fourth-order valence-corrected chi connectivity index (χ4v) is 41.0. The van der Waals surface area contributed by atoms with E-state index in [0.29, 0.717) is 0 Å². The van der Waals surface area contributed by atoms with Gasteiger partial charge < -0.3 is 19.1 Å². The van der Waals surface area contributed by atoms with Crippen LogP contribution in [-0.2, 0) is 0 Å². The van der Waals surface area contributed by atoms with E-state index in [4.69, 9.17) is 39.2 Å². The summed E-state index contributed by atoms with van der Waals surface area (Å²) in [5.74, 6) is 0. The molecule has 0 amide bonds. The van der Waals surface area contributed by atoms with Gasteiger partial charge >= 0.3 is 0 Å². The van der Waals surface area contributed by atoms with E-state index in [1.807, 2.05) is 53.0 Å². The van der Waals surface area contributed by atoms with Crippen LogP contribution in [0.25, 0.3) is 95.7 Å². The molecule has 3 aliphatic rings. The quantitative estimate of drug-likeness (QED) is 0.0954. The summed E-state index contributed by atoms with van der Waals surface area (Å²) in [6.07, 6.45) is 0. The molecule has 0 aliphatic carbocycles. The topological polar surface area (TPSA) is 22.9 Å². The summed E-state index contributed by atoms with van der Waals surface area (Å²) in [6, 6.07) is 185. The molecule has 3 aromatic heterocycles. The molecule has 0 fully saturated rings. The average Bonchev–Trinajstić information content (AvgIpc) is 1.54. The van der Waals surface area contributed by atoms with Gasteiger partial charge in [-0.05, 0) is 272 Å². The van der Waals surface area contributed by atoms with Crippen molar-refractivity contribution >= 4 is 257 Å². The summed E-state index contributed by atoms with van der Waals surface area (Å²) >= 11 is 24.1. The minimum atomic E-state index is -2.65. The van der Waals surface area contributed by atoms with Crippen LogP contribution >= 0.6 is 57.5 Å². The predicted octanol–water partition coefficient (Wildman–Crippen LogP) is 28.1. The number of fused-ring (bicyclic) bond motifs is 18. The van der Waals surface area contributed by atoms with Gasteiger partial charge in [-0.2, -0.15) is 0 Å². The molecular weight excluding hydrogens is 1830 g/mol. The van der Waals surface area contributed by atoms with Crippen LogP contribution in [0.15, 0.2) is 514 Å². The molecule has 0 atom stereocenters. The standard InChI is InChI=1S/C42H28ClNOSi.2C42H28ClNSSi/c43-29-20-23-36-38-28-32(22-25-41(38)46(42(36)26-29,33-14-6-2-7-15-33)34-16-8-3-9-17-34)44(30-12-4-1-5-13-30)31-21-24-40-37(27-31)35-18-10-11-19-39(35)45-40;43-29-20-23-37-38-27-31(22-25-41(38)46(42(37)26-29,33-14-6-2-7-15-33)34-16-8-3-9-17-34)44(30-12-4-1-5-13-30)32-21-24-36-35-18-10-11-19-39(35)45-40(36)28-32;43-29-20-23-36-38-28-32(22-25-41(38)46(42(36)26-29,33-14-6-2-7-15-33)34-16-8-3-9-17-34)44(30-12-4-1-5-13-30)31-21-24-40-37(27-31)35-18-10-11-19-39(35)45-40/h3*1-28H. The number of halogens is 3. The first kappa shape index (κ1) is 84.5. The van der Waals surface area contributed by atoms with E-state index >= 15 is 0 Å². The summed E-state index contributed by atoms with van der Waals surface area (Å²) in [6.45, 7) is 0. The number of hydrogen-bond acceptors (Lipinski definition) is 6. The third kappa shape index (κ3) is 14.1. The zero-order valence-corrected chi connectivity index (χ0v) is 81.6. The van der Waals surface area contributed by atoms with Gasteiger partial charge in [0.05, 0.1) is 0 Å². The fraction of sp³-hybridized carbons (Fsp3) is 0. The SMILES string of the molecule is Clc1ccc2c(c1)[Si](c1ccccc1)(c1ccccc1)c1ccc(N(c3ccccc3)c3ccc4c(c3)sc3ccccc34)cc1-2.Clc1ccc2c(c1)[Si](c1ccccc1)(c1ccccc1)c1ccc(N(c3ccccc3)c3ccc4oc5ccccc5c4c3)cc1-2.Clc1ccc2c(c1)[Si](c1ccccc1)(c1ccccc1)c1ccc(N(c3ccccc3)c3ccc4sc5ccccc5c4c3)cc1-2. The van der Waals surface area contributed by atoms with Crippen LogP contribution in [0, 0.1) is 0 Å². The number of benzene rings is 21. The Morgan fingerprint density at radius 2 is 0.435 bits per heavy atom. The molecule has 0 saturated carbocycles. The van der Waals surface area contributed by atoms with Gasteiger partial charge in [0.25, 0.3) is 0 Å². The molecule has 0 saturated heterocycles. The number of hydrogen-bond donors (Lipinski definition) is 0. The number of furan rings is 1. The molecule has 3 aliphatic heterocycles. The van der Waals surface area contributed by atoms with Crippen molar-refractivity contribution in [3.8, 4) is 33.4 Å². The molecule has 4 nitrogen and oxygen atoms in total. The Labute approximate surface area is 827 Å². The highest BCUT2D eigenvalue weighted by Crippen LogP contribution is 2.48.